The van der Waals surface area contributed by atoms with Crippen molar-refractivity contribution >= 4 is 35.4 Å². The quantitative estimate of drug-likeness (QED) is 0.0412. The Balaban J connectivity index is 5.04. The lowest BCUT2D eigenvalue weighted by Gasteiger charge is -2.27. The maximum atomic E-state index is 13.3. The molecule has 14 N–H and O–H groups in total. The van der Waals surface area contributed by atoms with Gasteiger partial charge in [0.05, 0.1) is 25.6 Å². The first kappa shape index (κ1) is 34.5. The van der Waals surface area contributed by atoms with Crippen molar-refractivity contribution < 1.29 is 23.9 Å². The van der Waals surface area contributed by atoms with Gasteiger partial charge in [-0.15, -0.1) is 0 Å². The van der Waals surface area contributed by atoms with Gasteiger partial charge in [-0.1, -0.05) is 0 Å². The summed E-state index contributed by atoms with van der Waals surface area (Å²) in [5.41, 5.74) is 32.5. The lowest BCUT2D eigenvalue weighted by Crippen LogP contribution is -2.45. The van der Waals surface area contributed by atoms with Crippen LogP contribution in [0.1, 0.15) is 33.1 Å². The minimum absolute atomic E-state index is 0.0437. The van der Waals surface area contributed by atoms with E-state index in [9.17, 15) is 19.2 Å². The molecule has 16 nitrogen and oxygen atoms in total. The van der Waals surface area contributed by atoms with Gasteiger partial charge in [-0.3, -0.25) is 24.4 Å². The van der Waals surface area contributed by atoms with Gasteiger partial charge in [0.2, 0.25) is 17.7 Å². The van der Waals surface area contributed by atoms with E-state index in [2.05, 4.69) is 20.6 Å². The van der Waals surface area contributed by atoms with E-state index in [1.807, 2.05) is 0 Å². The molecule has 16 heteroatoms. The Kier molecular flexibility index (Phi) is 17.8. The first-order valence-corrected chi connectivity index (χ1v) is 12.4. The van der Waals surface area contributed by atoms with Crippen LogP contribution in [0.25, 0.3) is 0 Å². The van der Waals surface area contributed by atoms with Gasteiger partial charge in [-0.25, -0.2) is 0 Å². The Morgan fingerprint density at radius 3 is 1.66 bits per heavy atom. The molecule has 218 valence electrons. The van der Waals surface area contributed by atoms with Crippen LogP contribution in [0.4, 0.5) is 0 Å². The highest BCUT2D eigenvalue weighted by Crippen LogP contribution is 2.11. The molecule has 0 spiro atoms. The molecular weight excluding hydrogens is 498 g/mol. The molecule has 38 heavy (non-hydrogen) atoms. The SMILES string of the molecule is CCOC[C@H](CC(C)=O)C(=O)N(CCCNC(=O)[C@H](N)CN=C(N)N)CCCNC(=O)[C@@H](N)CN=C(N)N. The fourth-order valence-corrected chi connectivity index (χ4v) is 3.21. The average molecular weight is 544 g/mol. The number of Topliss-reactive ketones (excluding diaryl/α,β-unsaturated/α-hetero) is 1. The number of amides is 3. The lowest BCUT2D eigenvalue weighted by molar-refractivity contribution is -0.140. The zero-order chi connectivity index (χ0) is 29.1. The molecular formula is C22H45N11O5. The molecule has 0 heterocycles. The second-order valence-electron chi connectivity index (χ2n) is 8.62. The van der Waals surface area contributed by atoms with Crippen molar-refractivity contribution in [1.29, 1.82) is 0 Å². The smallest absolute Gasteiger partial charge is 0.238 e. The van der Waals surface area contributed by atoms with Crippen LogP contribution >= 0.6 is 0 Å². The number of ether oxygens (including phenoxy) is 1. The monoisotopic (exact) mass is 543 g/mol. The van der Waals surface area contributed by atoms with Gasteiger partial charge in [-0.2, -0.15) is 0 Å². The summed E-state index contributed by atoms with van der Waals surface area (Å²) in [6.45, 7) is 4.70. The molecule has 0 saturated heterocycles. The number of aliphatic imine (C=N–C) groups is 2. The van der Waals surface area contributed by atoms with Gasteiger partial charge in [0, 0.05) is 39.2 Å². The topological polar surface area (TPSA) is 286 Å². The third-order valence-electron chi connectivity index (χ3n) is 5.14. The first-order chi connectivity index (χ1) is 17.9. The first-order valence-electron chi connectivity index (χ1n) is 12.4. The number of carbonyl (C=O) groups excluding carboxylic acids is 4. The second kappa shape index (κ2) is 19.6. The van der Waals surface area contributed by atoms with E-state index in [0.29, 0.717) is 32.5 Å². The minimum Gasteiger partial charge on any atom is -0.381 e. The zero-order valence-corrected chi connectivity index (χ0v) is 22.4. The third kappa shape index (κ3) is 16.3. The van der Waals surface area contributed by atoms with E-state index in [1.54, 1.807) is 11.8 Å². The predicted molar refractivity (Wildman–Crippen MR) is 144 cm³/mol. The molecule has 0 aromatic heterocycles. The van der Waals surface area contributed by atoms with E-state index in [0.717, 1.165) is 0 Å². The van der Waals surface area contributed by atoms with Crippen molar-refractivity contribution in [2.75, 3.05) is 52.5 Å². The molecule has 0 aromatic rings. The van der Waals surface area contributed by atoms with Gasteiger partial charge >= 0.3 is 0 Å². The Morgan fingerprint density at radius 1 is 0.842 bits per heavy atom. The number of guanidine groups is 2. The van der Waals surface area contributed by atoms with Crippen LogP contribution in [0.5, 0.6) is 0 Å². The average Bonchev–Trinajstić information content (AvgIpc) is 2.85. The summed E-state index contributed by atoms with van der Waals surface area (Å²) in [6.07, 6.45) is 0.884. The lowest BCUT2D eigenvalue weighted by atomic mass is 10.0. The van der Waals surface area contributed by atoms with Crippen molar-refractivity contribution in [2.24, 2.45) is 50.3 Å². The summed E-state index contributed by atoms with van der Waals surface area (Å²) in [7, 11) is 0. The maximum Gasteiger partial charge on any atom is 0.238 e. The molecule has 3 atom stereocenters. The number of nitrogens with zero attached hydrogens (tertiary/aromatic N) is 3. The summed E-state index contributed by atoms with van der Waals surface area (Å²) < 4.78 is 5.42. The van der Waals surface area contributed by atoms with Crippen LogP contribution in [0.3, 0.4) is 0 Å². The third-order valence-corrected chi connectivity index (χ3v) is 5.14. The van der Waals surface area contributed by atoms with Crippen LogP contribution < -0.4 is 45.0 Å². The number of nitrogens with one attached hydrogen (secondary N) is 2. The summed E-state index contributed by atoms with van der Waals surface area (Å²) in [5, 5.41) is 5.36. The summed E-state index contributed by atoms with van der Waals surface area (Å²) in [5.74, 6) is -2.22. The van der Waals surface area contributed by atoms with Gasteiger partial charge in [0.15, 0.2) is 11.9 Å². The largest absolute Gasteiger partial charge is 0.381 e. The van der Waals surface area contributed by atoms with E-state index >= 15 is 0 Å². The van der Waals surface area contributed by atoms with Gasteiger partial charge in [0.25, 0.3) is 0 Å². The number of hydrogen-bond acceptors (Lipinski definition) is 9. The summed E-state index contributed by atoms with van der Waals surface area (Å²) in [4.78, 5) is 58.2. The Hall–Kier alpha value is -3.50. The summed E-state index contributed by atoms with van der Waals surface area (Å²) in [6, 6.07) is -1.83. The zero-order valence-electron chi connectivity index (χ0n) is 22.4. The van der Waals surface area contributed by atoms with Crippen LogP contribution in [0.2, 0.25) is 0 Å². The molecule has 0 fully saturated rings. The summed E-state index contributed by atoms with van der Waals surface area (Å²) >= 11 is 0. The number of hydrogen-bond donors (Lipinski definition) is 8. The van der Waals surface area contributed by atoms with Gasteiger partial charge in [-0.05, 0) is 26.7 Å². The standard InChI is InChI=1S/C22H45N11O5/c1-3-38-13-15(10-14(2)34)20(37)33(8-4-6-29-18(35)16(23)11-31-21(25)26)9-5-7-30-19(36)17(24)12-32-22(27)28/h15-17H,3-13,23-24H2,1-2H3,(H,29,35)(H,30,36)(H4,25,26,31)(H4,27,28,32)/t15-,16-,17+/m0/s1. The molecule has 0 bridgehead atoms. The van der Waals surface area contributed by atoms with E-state index in [-0.39, 0.29) is 62.8 Å². The van der Waals surface area contributed by atoms with Crippen molar-refractivity contribution in [1.82, 2.24) is 15.5 Å². The molecule has 0 aliphatic heterocycles. The highest BCUT2D eigenvalue weighted by atomic mass is 16.5. The highest BCUT2D eigenvalue weighted by molar-refractivity contribution is 5.86. The molecule has 3 amide bonds. The second-order valence-corrected chi connectivity index (χ2v) is 8.62. The highest BCUT2D eigenvalue weighted by Gasteiger charge is 2.26. The van der Waals surface area contributed by atoms with E-state index in [4.69, 9.17) is 39.1 Å². The minimum atomic E-state index is -0.914. The fraction of sp³-hybridized carbons (Fsp3) is 0.727. The normalized spacial score (nSPS) is 12.9. The van der Waals surface area contributed by atoms with Crippen molar-refractivity contribution in [2.45, 2.75) is 45.2 Å². The molecule has 0 aliphatic rings. The van der Waals surface area contributed by atoms with Crippen LogP contribution in [-0.2, 0) is 23.9 Å². The molecule has 0 radical (unpaired) electrons. The molecule has 0 aromatic carbocycles. The Morgan fingerprint density at radius 2 is 1.29 bits per heavy atom. The van der Waals surface area contributed by atoms with E-state index in [1.165, 1.54) is 6.92 Å². The number of rotatable bonds is 20. The molecule has 0 aliphatic carbocycles. The van der Waals surface area contributed by atoms with Gasteiger partial charge < -0.3 is 59.5 Å². The van der Waals surface area contributed by atoms with Crippen LogP contribution in [0.15, 0.2) is 9.98 Å². The Bertz CT molecular complexity index is 768. The fourth-order valence-electron chi connectivity index (χ4n) is 3.21. The predicted octanol–water partition coefficient (Wildman–Crippen LogP) is -4.34. The van der Waals surface area contributed by atoms with Crippen LogP contribution in [0, 0.1) is 5.92 Å². The van der Waals surface area contributed by atoms with Crippen molar-refractivity contribution in [3.8, 4) is 0 Å². The number of carbonyl (C=O) groups is 4. The van der Waals surface area contributed by atoms with Crippen molar-refractivity contribution in [3.63, 3.8) is 0 Å². The van der Waals surface area contributed by atoms with Crippen LogP contribution in [-0.4, -0.2) is 105 Å². The van der Waals surface area contributed by atoms with Crippen molar-refractivity contribution in [3.05, 3.63) is 0 Å². The van der Waals surface area contributed by atoms with E-state index < -0.39 is 29.8 Å². The molecule has 0 saturated carbocycles. The Labute approximate surface area is 223 Å². The maximum absolute atomic E-state index is 13.3. The molecule has 0 rings (SSSR count). The van der Waals surface area contributed by atoms with Gasteiger partial charge in [0.1, 0.15) is 17.9 Å². The number of ketones is 1. The molecule has 0 unspecified atom stereocenters. The number of nitrogens with two attached hydrogens (primary N) is 6.